The molecule has 0 aromatic carbocycles. The average molecular weight is 260 g/mol. The molecule has 0 saturated carbocycles. The topological polar surface area (TPSA) is 12.0 Å². The van der Waals surface area contributed by atoms with E-state index in [4.69, 9.17) is 0 Å². The second-order valence-corrected chi connectivity index (χ2v) is 19.1. The van der Waals surface area contributed by atoms with Gasteiger partial charge in [-0.25, -0.2) is 0 Å². The predicted octanol–water partition coefficient (Wildman–Crippen LogP) is 4.63. The zero-order chi connectivity index (χ0) is 13.4. The van der Waals surface area contributed by atoms with Crippen LogP contribution in [0.1, 0.15) is 41.5 Å². The van der Waals surface area contributed by atoms with Gasteiger partial charge in [-0.15, -0.1) is 0 Å². The third-order valence-corrected chi connectivity index (χ3v) is 15.2. The zero-order valence-corrected chi connectivity index (χ0v) is 15.2. The van der Waals surface area contributed by atoms with E-state index in [2.05, 4.69) is 72.7 Å². The number of nitrogens with one attached hydrogen (secondary N) is 1. The molecule has 0 heterocycles. The SMILES string of the molecule is CC(C)(C)[Si](C)(C)CN[Si](C)(C)C(C)(C)C. The fourth-order valence-electron chi connectivity index (χ4n) is 0.972. The second kappa shape index (κ2) is 4.58. The van der Waals surface area contributed by atoms with Crippen LogP contribution in [0, 0.1) is 0 Å². The molecule has 1 N–H and O–H groups in total. The molecule has 0 aliphatic heterocycles. The Bertz CT molecular complexity index is 205. The van der Waals surface area contributed by atoms with Gasteiger partial charge in [-0.05, 0) is 16.2 Å². The summed E-state index contributed by atoms with van der Waals surface area (Å²) in [4.78, 5) is 3.95. The van der Waals surface area contributed by atoms with E-state index in [1.807, 2.05) is 0 Å². The number of rotatable bonds is 3. The van der Waals surface area contributed by atoms with Crippen LogP contribution >= 0.6 is 0 Å². The molecular formula is C13H33NSi2. The van der Waals surface area contributed by atoms with Crippen molar-refractivity contribution in [3.8, 4) is 0 Å². The lowest BCUT2D eigenvalue weighted by Crippen LogP contribution is -2.59. The summed E-state index contributed by atoms with van der Waals surface area (Å²) in [7, 11) is -2.48. The van der Waals surface area contributed by atoms with Crippen molar-refractivity contribution in [3.05, 3.63) is 0 Å². The van der Waals surface area contributed by atoms with Gasteiger partial charge in [0.05, 0.1) is 8.07 Å². The molecule has 0 fully saturated rings. The van der Waals surface area contributed by atoms with Gasteiger partial charge in [0.1, 0.15) is 8.24 Å². The van der Waals surface area contributed by atoms with E-state index in [-0.39, 0.29) is 0 Å². The molecule has 0 amide bonds. The quantitative estimate of drug-likeness (QED) is 0.729. The summed E-state index contributed by atoms with van der Waals surface area (Å²) in [6, 6.07) is 0. The summed E-state index contributed by atoms with van der Waals surface area (Å²) in [6.45, 7) is 24.2. The molecule has 0 aliphatic rings. The molecule has 0 saturated heterocycles. The van der Waals surface area contributed by atoms with Gasteiger partial charge >= 0.3 is 0 Å². The van der Waals surface area contributed by atoms with Crippen LogP contribution in [0.5, 0.6) is 0 Å². The smallest absolute Gasteiger partial charge is 0.124 e. The van der Waals surface area contributed by atoms with Crippen LogP contribution < -0.4 is 4.98 Å². The van der Waals surface area contributed by atoms with E-state index in [0.29, 0.717) is 10.1 Å². The summed E-state index contributed by atoms with van der Waals surface area (Å²) in [5.41, 5.74) is 0. The molecule has 0 bridgehead atoms. The Morgan fingerprint density at radius 2 is 1.12 bits per heavy atom. The van der Waals surface area contributed by atoms with Gasteiger partial charge in [0, 0.05) is 0 Å². The molecule has 0 radical (unpaired) electrons. The van der Waals surface area contributed by atoms with Crippen LogP contribution in [0.2, 0.25) is 36.3 Å². The molecule has 16 heavy (non-hydrogen) atoms. The second-order valence-electron chi connectivity index (χ2n) is 8.36. The maximum atomic E-state index is 3.95. The first-order valence-corrected chi connectivity index (χ1v) is 12.7. The van der Waals surface area contributed by atoms with Gasteiger partial charge in [0.25, 0.3) is 0 Å². The predicted molar refractivity (Wildman–Crippen MR) is 82.4 cm³/mol. The molecule has 0 aliphatic carbocycles. The fourth-order valence-corrected chi connectivity index (χ4v) is 5.57. The summed E-state index contributed by atoms with van der Waals surface area (Å²) < 4.78 is 0. The largest absolute Gasteiger partial charge is 0.339 e. The molecule has 0 aromatic heterocycles. The first kappa shape index (κ1) is 16.4. The molecule has 0 aromatic rings. The summed E-state index contributed by atoms with van der Waals surface area (Å²) in [6.07, 6.45) is 1.26. The summed E-state index contributed by atoms with van der Waals surface area (Å²) >= 11 is 0. The molecule has 0 rings (SSSR count). The van der Waals surface area contributed by atoms with Crippen molar-refractivity contribution in [1.82, 2.24) is 4.98 Å². The van der Waals surface area contributed by atoms with Gasteiger partial charge < -0.3 is 4.98 Å². The van der Waals surface area contributed by atoms with Crippen LogP contribution in [0.4, 0.5) is 0 Å². The fraction of sp³-hybridized carbons (Fsp3) is 1.00. The lowest BCUT2D eigenvalue weighted by molar-refractivity contribution is 0.682. The van der Waals surface area contributed by atoms with E-state index in [1.165, 1.54) is 6.17 Å². The highest BCUT2D eigenvalue weighted by molar-refractivity contribution is 6.83. The van der Waals surface area contributed by atoms with Crippen molar-refractivity contribution in [2.45, 2.75) is 77.8 Å². The van der Waals surface area contributed by atoms with Gasteiger partial charge in [-0.3, -0.25) is 0 Å². The Labute approximate surface area is 106 Å². The molecule has 98 valence electrons. The van der Waals surface area contributed by atoms with Gasteiger partial charge in [0.2, 0.25) is 0 Å². The van der Waals surface area contributed by atoms with Crippen LogP contribution in [-0.4, -0.2) is 22.5 Å². The van der Waals surface area contributed by atoms with Crippen molar-refractivity contribution in [3.63, 3.8) is 0 Å². The maximum absolute atomic E-state index is 3.95. The Morgan fingerprint density at radius 3 is 1.38 bits per heavy atom. The minimum absolute atomic E-state index is 0.440. The van der Waals surface area contributed by atoms with Gasteiger partial charge in [0.15, 0.2) is 0 Å². The van der Waals surface area contributed by atoms with Crippen molar-refractivity contribution in [2.24, 2.45) is 0 Å². The number of hydrogen-bond acceptors (Lipinski definition) is 1. The first-order valence-electron chi connectivity index (χ1n) is 6.46. The zero-order valence-electron chi connectivity index (χ0n) is 13.2. The van der Waals surface area contributed by atoms with Crippen LogP contribution in [-0.2, 0) is 0 Å². The standard InChI is InChI=1S/C13H33NSi2/c1-12(2,3)15(7,8)11-14-16(9,10)13(4,5)6/h14H,11H2,1-10H3. The monoisotopic (exact) mass is 259 g/mol. The molecule has 1 nitrogen and oxygen atoms in total. The third kappa shape index (κ3) is 4.00. The van der Waals surface area contributed by atoms with Crippen LogP contribution in [0.25, 0.3) is 0 Å². The van der Waals surface area contributed by atoms with E-state index < -0.39 is 16.3 Å². The minimum atomic E-state index is -1.31. The van der Waals surface area contributed by atoms with Gasteiger partial charge in [-0.1, -0.05) is 67.7 Å². The third-order valence-electron chi connectivity index (χ3n) is 4.88. The highest BCUT2D eigenvalue weighted by atomic mass is 28.3. The Hall–Kier alpha value is 0.394. The van der Waals surface area contributed by atoms with Crippen molar-refractivity contribution in [1.29, 1.82) is 0 Å². The molecule has 3 heteroatoms. The number of hydrogen-bond donors (Lipinski definition) is 1. The Kier molecular flexibility index (Phi) is 4.69. The van der Waals surface area contributed by atoms with Crippen molar-refractivity contribution in [2.75, 3.05) is 6.17 Å². The summed E-state index contributed by atoms with van der Waals surface area (Å²) in [5.74, 6) is 0. The lowest BCUT2D eigenvalue weighted by atomic mass is 10.2. The lowest BCUT2D eigenvalue weighted by Gasteiger charge is -2.43. The van der Waals surface area contributed by atoms with E-state index in [1.54, 1.807) is 0 Å². The first-order chi connectivity index (χ1) is 6.71. The van der Waals surface area contributed by atoms with Gasteiger partial charge in [-0.2, -0.15) is 0 Å². The van der Waals surface area contributed by atoms with Crippen molar-refractivity contribution < 1.29 is 0 Å². The molecular weight excluding hydrogens is 226 g/mol. The highest BCUT2D eigenvalue weighted by Gasteiger charge is 2.40. The molecule has 0 unspecified atom stereocenters. The minimum Gasteiger partial charge on any atom is -0.339 e. The average Bonchev–Trinajstić information content (AvgIpc) is 1.97. The van der Waals surface area contributed by atoms with E-state index in [0.717, 1.165) is 0 Å². The van der Waals surface area contributed by atoms with E-state index >= 15 is 0 Å². The maximum Gasteiger partial charge on any atom is 0.124 e. The summed E-state index contributed by atoms with van der Waals surface area (Å²) in [5, 5.41) is 0.928. The van der Waals surface area contributed by atoms with Crippen LogP contribution in [0.15, 0.2) is 0 Å². The van der Waals surface area contributed by atoms with Crippen LogP contribution in [0.3, 0.4) is 0 Å². The molecule has 0 atom stereocenters. The normalized spacial score (nSPS) is 15.4. The Balaban J connectivity index is 4.59. The van der Waals surface area contributed by atoms with Crippen molar-refractivity contribution >= 4 is 16.3 Å². The Morgan fingerprint density at radius 1 is 0.750 bits per heavy atom. The van der Waals surface area contributed by atoms with E-state index in [9.17, 15) is 0 Å². The molecule has 0 spiro atoms. The highest BCUT2D eigenvalue weighted by Crippen LogP contribution is 2.37.